The maximum atomic E-state index is 12.1. The van der Waals surface area contributed by atoms with Gasteiger partial charge in [0.05, 0.1) is 30.3 Å². The number of phenols is 1. The lowest BCUT2D eigenvalue weighted by atomic mass is 10.2. The Kier molecular flexibility index (Phi) is 4.29. The summed E-state index contributed by atoms with van der Waals surface area (Å²) in [5, 5.41) is 19.1. The summed E-state index contributed by atoms with van der Waals surface area (Å²) >= 11 is 0. The molecule has 2 aromatic carbocycles. The topological polar surface area (TPSA) is 82.6 Å². The maximum Gasteiger partial charge on any atom is 0.248 e. The number of carbonyl (C=O) groups excluding carboxylic acids is 1. The number of para-hydroxylation sites is 1. The van der Waals surface area contributed by atoms with Crippen LogP contribution in [0.15, 0.2) is 42.5 Å². The average molecular weight is 325 g/mol. The molecule has 0 saturated heterocycles. The van der Waals surface area contributed by atoms with Crippen molar-refractivity contribution in [1.82, 2.24) is 0 Å². The molecule has 124 valence electrons. The molecule has 24 heavy (non-hydrogen) atoms. The molecule has 1 aliphatic heterocycles. The normalized spacial score (nSPS) is 15.5. The van der Waals surface area contributed by atoms with Gasteiger partial charge in [-0.15, -0.1) is 0 Å². The van der Waals surface area contributed by atoms with Crippen molar-refractivity contribution in [3.8, 4) is 11.5 Å². The van der Waals surface area contributed by atoms with Crippen LogP contribution in [-0.4, -0.2) is 24.3 Å². The van der Waals surface area contributed by atoms with Gasteiger partial charge < -0.3 is 25.8 Å². The fourth-order valence-corrected chi connectivity index (χ4v) is 2.58. The number of hydrogen-bond donors (Lipinski definition) is 4. The predicted octanol–water partition coefficient (Wildman–Crippen LogP) is 3.24. The first-order chi connectivity index (χ1) is 11.6. The lowest BCUT2D eigenvalue weighted by molar-refractivity contribution is -0.111. The van der Waals surface area contributed by atoms with E-state index in [1.54, 1.807) is 18.2 Å². The van der Waals surface area contributed by atoms with E-state index >= 15 is 0 Å². The molecule has 1 unspecified atom stereocenters. The van der Waals surface area contributed by atoms with Crippen molar-refractivity contribution in [1.29, 1.82) is 0 Å². The fourth-order valence-electron chi connectivity index (χ4n) is 2.58. The number of phenolic OH excluding ortho intramolecular Hbond substituents is 1. The number of carbonyl (C=O) groups is 1. The van der Waals surface area contributed by atoms with Crippen LogP contribution in [0.2, 0.25) is 0 Å². The number of hydrogen-bond acceptors (Lipinski definition) is 5. The molecule has 0 radical (unpaired) electrons. The van der Waals surface area contributed by atoms with Crippen LogP contribution >= 0.6 is 0 Å². The minimum atomic E-state index is -0.250. The summed E-state index contributed by atoms with van der Waals surface area (Å²) in [6.45, 7) is 2.00. The largest absolute Gasteiger partial charge is 0.504 e. The van der Waals surface area contributed by atoms with Crippen LogP contribution in [0.25, 0.3) is 6.08 Å². The standard InChI is InChI=1S/C18H19N3O3/c1-11-19-13-4-3-5-14(18(13)20-11)21-17(23)9-7-12-6-8-16(24-2)15(22)10-12/h3-11,19-20,22H,1-2H3,(H,21,23)/b9-7+. The van der Waals surface area contributed by atoms with Gasteiger partial charge in [-0.25, -0.2) is 0 Å². The molecule has 1 heterocycles. The zero-order valence-electron chi connectivity index (χ0n) is 13.5. The number of nitrogens with one attached hydrogen (secondary N) is 3. The molecule has 1 amide bonds. The van der Waals surface area contributed by atoms with Crippen LogP contribution in [0.5, 0.6) is 11.5 Å². The molecule has 0 saturated carbocycles. The van der Waals surface area contributed by atoms with Gasteiger partial charge >= 0.3 is 0 Å². The Labute approximate surface area is 140 Å². The number of methoxy groups -OCH3 is 1. The molecule has 0 spiro atoms. The van der Waals surface area contributed by atoms with Crippen LogP contribution in [0.3, 0.4) is 0 Å². The summed E-state index contributed by atoms with van der Waals surface area (Å²) in [6.07, 6.45) is 3.18. The Balaban J connectivity index is 1.71. The molecule has 1 atom stereocenters. The highest BCUT2D eigenvalue weighted by Gasteiger charge is 2.18. The minimum absolute atomic E-state index is 0.0326. The molecule has 0 fully saturated rings. The first-order valence-electron chi connectivity index (χ1n) is 7.59. The SMILES string of the molecule is COc1ccc(/C=C/C(=O)Nc2cccc3c2NC(C)N3)cc1O. The molecular formula is C18H19N3O3. The van der Waals surface area contributed by atoms with E-state index in [9.17, 15) is 9.90 Å². The van der Waals surface area contributed by atoms with Gasteiger partial charge in [0.2, 0.25) is 5.91 Å². The second kappa shape index (κ2) is 6.54. The van der Waals surface area contributed by atoms with E-state index < -0.39 is 0 Å². The number of ether oxygens (including phenoxy) is 1. The predicted molar refractivity (Wildman–Crippen MR) is 95.5 cm³/mol. The lowest BCUT2D eigenvalue weighted by Crippen LogP contribution is -2.17. The third kappa shape index (κ3) is 3.27. The quantitative estimate of drug-likeness (QED) is 0.649. The maximum absolute atomic E-state index is 12.1. The van der Waals surface area contributed by atoms with Crippen LogP contribution in [0.4, 0.5) is 17.1 Å². The van der Waals surface area contributed by atoms with Crippen LogP contribution in [-0.2, 0) is 4.79 Å². The fraction of sp³-hybridized carbons (Fsp3) is 0.167. The second-order valence-electron chi connectivity index (χ2n) is 5.49. The summed E-state index contributed by atoms with van der Waals surface area (Å²) in [5.41, 5.74) is 3.27. The van der Waals surface area contributed by atoms with Crippen molar-refractivity contribution in [2.24, 2.45) is 0 Å². The van der Waals surface area contributed by atoms with Gasteiger partial charge in [0.15, 0.2) is 11.5 Å². The molecule has 0 bridgehead atoms. The average Bonchev–Trinajstić information content (AvgIpc) is 2.94. The van der Waals surface area contributed by atoms with E-state index in [-0.39, 0.29) is 17.8 Å². The van der Waals surface area contributed by atoms with Crippen LogP contribution in [0.1, 0.15) is 12.5 Å². The molecule has 0 aliphatic carbocycles. The Morgan fingerprint density at radius 1 is 1.29 bits per heavy atom. The summed E-state index contributed by atoms with van der Waals surface area (Å²) < 4.78 is 4.99. The smallest absolute Gasteiger partial charge is 0.248 e. The first kappa shape index (κ1) is 15.7. The van der Waals surface area contributed by atoms with Crippen molar-refractivity contribution < 1.29 is 14.6 Å². The molecule has 0 aromatic heterocycles. The number of rotatable bonds is 4. The summed E-state index contributed by atoms with van der Waals surface area (Å²) in [7, 11) is 1.49. The van der Waals surface area contributed by atoms with E-state index in [4.69, 9.17) is 4.74 Å². The molecule has 6 heteroatoms. The van der Waals surface area contributed by atoms with E-state index in [2.05, 4.69) is 16.0 Å². The van der Waals surface area contributed by atoms with Crippen molar-refractivity contribution in [3.05, 3.63) is 48.0 Å². The third-order valence-electron chi connectivity index (χ3n) is 3.69. The summed E-state index contributed by atoms with van der Waals surface area (Å²) in [4.78, 5) is 12.1. The Morgan fingerprint density at radius 3 is 2.88 bits per heavy atom. The van der Waals surface area contributed by atoms with E-state index in [0.717, 1.165) is 17.1 Å². The lowest BCUT2D eigenvalue weighted by Gasteiger charge is -2.08. The van der Waals surface area contributed by atoms with Crippen molar-refractivity contribution in [2.75, 3.05) is 23.1 Å². The van der Waals surface area contributed by atoms with Crippen molar-refractivity contribution in [3.63, 3.8) is 0 Å². The molecule has 2 aromatic rings. The van der Waals surface area contributed by atoms with Crippen LogP contribution < -0.4 is 20.7 Å². The zero-order valence-corrected chi connectivity index (χ0v) is 13.5. The van der Waals surface area contributed by atoms with Crippen molar-refractivity contribution in [2.45, 2.75) is 13.1 Å². The zero-order chi connectivity index (χ0) is 17.1. The van der Waals surface area contributed by atoms with Gasteiger partial charge in [-0.1, -0.05) is 12.1 Å². The summed E-state index contributed by atoms with van der Waals surface area (Å²) in [5.74, 6) is 0.175. The van der Waals surface area contributed by atoms with Crippen molar-refractivity contribution >= 4 is 29.0 Å². The number of benzene rings is 2. The Bertz CT molecular complexity index is 802. The van der Waals surface area contributed by atoms with Gasteiger partial charge in [0, 0.05) is 6.08 Å². The Hall–Kier alpha value is -3.15. The molecular weight excluding hydrogens is 306 g/mol. The number of fused-ring (bicyclic) bond motifs is 1. The third-order valence-corrected chi connectivity index (χ3v) is 3.69. The number of amides is 1. The van der Waals surface area contributed by atoms with Gasteiger partial charge in [-0.3, -0.25) is 4.79 Å². The highest BCUT2D eigenvalue weighted by atomic mass is 16.5. The molecule has 4 N–H and O–H groups in total. The van der Waals surface area contributed by atoms with Gasteiger partial charge in [-0.05, 0) is 42.8 Å². The minimum Gasteiger partial charge on any atom is -0.504 e. The van der Waals surface area contributed by atoms with Gasteiger partial charge in [-0.2, -0.15) is 0 Å². The van der Waals surface area contributed by atoms with E-state index in [1.165, 1.54) is 19.3 Å². The molecule has 6 nitrogen and oxygen atoms in total. The number of anilines is 3. The summed E-state index contributed by atoms with van der Waals surface area (Å²) in [6, 6.07) is 10.6. The monoisotopic (exact) mass is 325 g/mol. The molecule has 3 rings (SSSR count). The molecule has 1 aliphatic rings. The van der Waals surface area contributed by atoms with Gasteiger partial charge in [0.1, 0.15) is 0 Å². The first-order valence-corrected chi connectivity index (χ1v) is 7.59. The number of aromatic hydroxyl groups is 1. The highest BCUT2D eigenvalue weighted by molar-refractivity contribution is 6.05. The van der Waals surface area contributed by atoms with Crippen LogP contribution in [0, 0.1) is 0 Å². The Morgan fingerprint density at radius 2 is 2.12 bits per heavy atom. The van der Waals surface area contributed by atoms with E-state index in [1.807, 2.05) is 25.1 Å². The van der Waals surface area contributed by atoms with E-state index in [0.29, 0.717) is 11.3 Å². The second-order valence-corrected chi connectivity index (χ2v) is 5.49. The van der Waals surface area contributed by atoms with Gasteiger partial charge in [0.25, 0.3) is 0 Å². The highest BCUT2D eigenvalue weighted by Crippen LogP contribution is 2.35.